The van der Waals surface area contributed by atoms with Crippen LogP contribution in [0.15, 0.2) is 23.1 Å². The highest BCUT2D eigenvalue weighted by atomic mass is 32.2. The lowest BCUT2D eigenvalue weighted by molar-refractivity contribution is -0.140. The third kappa shape index (κ3) is 6.07. The highest BCUT2D eigenvalue weighted by molar-refractivity contribution is 7.87. The normalized spacial score (nSPS) is 15.4. The van der Waals surface area contributed by atoms with Crippen LogP contribution in [-0.2, 0) is 34.1 Å². The van der Waals surface area contributed by atoms with Crippen LogP contribution in [0.5, 0.6) is 0 Å². The molecule has 0 heterocycles. The van der Waals surface area contributed by atoms with E-state index >= 15 is 0 Å². The lowest BCUT2D eigenvalue weighted by atomic mass is 10.1. The molecule has 0 aliphatic heterocycles. The zero-order valence-electron chi connectivity index (χ0n) is 14.2. The summed E-state index contributed by atoms with van der Waals surface area (Å²) < 4.78 is 90.9. The molecule has 0 aliphatic rings. The Morgan fingerprint density at radius 1 is 1.24 bits per heavy atom. The van der Waals surface area contributed by atoms with E-state index in [4.69, 9.17) is 9.05 Å². The molecule has 0 bridgehead atoms. The summed E-state index contributed by atoms with van der Waals surface area (Å²) >= 11 is 0. The first kappa shape index (κ1) is 22.1. The number of hydrogen-bond acceptors (Lipinski definition) is 6. The van der Waals surface area contributed by atoms with Crippen molar-refractivity contribution in [3.05, 3.63) is 29.3 Å². The minimum atomic E-state index is -4.89. The second kappa shape index (κ2) is 8.18. The molecule has 0 saturated heterocycles. The van der Waals surface area contributed by atoms with Gasteiger partial charge < -0.3 is 9.05 Å². The minimum absolute atomic E-state index is 0.0500. The average molecular weight is 404 g/mol. The first-order valence-electron chi connectivity index (χ1n) is 7.30. The Balaban J connectivity index is 3.21. The fourth-order valence-corrected chi connectivity index (χ4v) is 5.35. The predicted molar refractivity (Wildman–Crippen MR) is 84.8 cm³/mol. The molecular formula is C14H20F3O6PS. The average Bonchev–Trinajstić information content (AvgIpc) is 2.43. The molecule has 1 unspecified atom stereocenters. The topological polar surface area (TPSA) is 78.9 Å². The van der Waals surface area contributed by atoms with Gasteiger partial charge in [0.15, 0.2) is 6.35 Å². The molecule has 1 aromatic rings. The van der Waals surface area contributed by atoms with Crippen LogP contribution in [0.4, 0.5) is 13.2 Å². The van der Waals surface area contributed by atoms with Crippen LogP contribution in [0.25, 0.3) is 0 Å². The van der Waals surface area contributed by atoms with Crippen molar-refractivity contribution in [2.75, 3.05) is 13.0 Å². The highest BCUT2D eigenvalue weighted by Crippen LogP contribution is 2.50. The summed E-state index contributed by atoms with van der Waals surface area (Å²) in [5.74, 6) is 0. The molecule has 0 aromatic heterocycles. The molecule has 0 saturated carbocycles. The lowest BCUT2D eigenvalue weighted by Gasteiger charge is -2.21. The molecule has 144 valence electrons. The Morgan fingerprint density at radius 2 is 1.84 bits per heavy atom. The van der Waals surface area contributed by atoms with Crippen LogP contribution in [0.1, 0.15) is 31.9 Å². The van der Waals surface area contributed by atoms with E-state index in [1.807, 2.05) is 0 Å². The van der Waals surface area contributed by atoms with E-state index in [2.05, 4.69) is 4.18 Å². The summed E-state index contributed by atoms with van der Waals surface area (Å²) in [5, 5.41) is 0. The van der Waals surface area contributed by atoms with Crippen molar-refractivity contribution in [3.63, 3.8) is 0 Å². The molecule has 0 aliphatic carbocycles. The maximum absolute atomic E-state index is 13.1. The number of halogens is 3. The lowest BCUT2D eigenvalue weighted by Crippen LogP contribution is -2.18. The van der Waals surface area contributed by atoms with Crippen molar-refractivity contribution >= 4 is 17.7 Å². The third-order valence-electron chi connectivity index (χ3n) is 2.83. The van der Waals surface area contributed by atoms with E-state index in [0.717, 1.165) is 6.07 Å². The summed E-state index contributed by atoms with van der Waals surface area (Å²) in [5.41, 5.74) is -1.51. The van der Waals surface area contributed by atoms with Crippen LogP contribution in [0, 0.1) is 6.92 Å². The molecular weight excluding hydrogens is 384 g/mol. The molecule has 1 aromatic carbocycles. The molecule has 6 nitrogen and oxygen atoms in total. The number of alkyl halides is 3. The fourth-order valence-electron chi connectivity index (χ4n) is 2.02. The molecule has 1 rings (SSSR count). The van der Waals surface area contributed by atoms with E-state index in [0.29, 0.717) is 6.07 Å². The van der Waals surface area contributed by atoms with Gasteiger partial charge in [-0.25, -0.2) is 0 Å². The Hall–Kier alpha value is -0.930. The van der Waals surface area contributed by atoms with E-state index in [9.17, 15) is 26.2 Å². The smallest absolute Gasteiger partial charge is 0.307 e. The van der Waals surface area contributed by atoms with Gasteiger partial charge in [-0.3, -0.25) is 8.75 Å². The fraction of sp³-hybridized carbons (Fsp3) is 0.571. The number of rotatable bonds is 8. The molecule has 0 spiro atoms. The first-order valence-corrected chi connectivity index (χ1v) is 10.4. The molecule has 0 radical (unpaired) electrons. The minimum Gasteiger partial charge on any atom is -0.307 e. The summed E-state index contributed by atoms with van der Waals surface area (Å²) in [4.78, 5) is -1.02. The SMILES string of the molecule is CCOP(=O)(COS(=O)(=O)c1c(C)cccc1C(F)(F)F)OC(C)C. The molecule has 0 N–H and O–H groups in total. The van der Waals surface area contributed by atoms with Gasteiger partial charge in [-0.15, -0.1) is 0 Å². The predicted octanol–water partition coefficient (Wildman–Crippen LogP) is 4.33. The first-order chi connectivity index (χ1) is 11.3. The Labute approximate surface area is 144 Å². The maximum Gasteiger partial charge on any atom is 0.417 e. The van der Waals surface area contributed by atoms with Crippen molar-refractivity contribution in [2.45, 2.75) is 44.9 Å². The van der Waals surface area contributed by atoms with Gasteiger partial charge >= 0.3 is 13.8 Å². The third-order valence-corrected chi connectivity index (χ3v) is 6.31. The standard InChI is InChI=1S/C14H20F3O6PS/c1-5-21-24(18,23-10(2)3)9-22-25(19,20)13-11(4)7-6-8-12(13)14(15,16)17/h6-8,10H,5,9H2,1-4H3. The zero-order chi connectivity index (χ0) is 19.5. The van der Waals surface area contributed by atoms with Crippen LogP contribution in [0.2, 0.25) is 0 Å². The van der Waals surface area contributed by atoms with Crippen LogP contribution in [-0.4, -0.2) is 27.5 Å². The van der Waals surface area contributed by atoms with Gasteiger partial charge in [0.05, 0.1) is 18.3 Å². The van der Waals surface area contributed by atoms with Gasteiger partial charge in [-0.1, -0.05) is 12.1 Å². The molecule has 0 fully saturated rings. The maximum atomic E-state index is 13.1. The van der Waals surface area contributed by atoms with Crippen molar-refractivity contribution in [1.82, 2.24) is 0 Å². The quantitative estimate of drug-likeness (QED) is 0.474. The van der Waals surface area contributed by atoms with E-state index in [1.54, 1.807) is 13.8 Å². The van der Waals surface area contributed by atoms with Gasteiger partial charge in [0.25, 0.3) is 10.1 Å². The Kier molecular flexibility index (Phi) is 7.23. The summed E-state index contributed by atoms with van der Waals surface area (Å²) in [6.07, 6.45) is -6.48. The number of aryl methyl sites for hydroxylation is 1. The monoisotopic (exact) mass is 404 g/mol. The van der Waals surface area contributed by atoms with Gasteiger partial charge in [0.1, 0.15) is 4.90 Å². The molecule has 1 atom stereocenters. The second-order valence-electron chi connectivity index (χ2n) is 5.33. The zero-order valence-corrected chi connectivity index (χ0v) is 15.9. The molecule has 25 heavy (non-hydrogen) atoms. The Bertz CT molecular complexity index is 745. The Morgan fingerprint density at radius 3 is 2.32 bits per heavy atom. The van der Waals surface area contributed by atoms with E-state index < -0.39 is 46.8 Å². The van der Waals surface area contributed by atoms with Crippen molar-refractivity contribution in [1.29, 1.82) is 0 Å². The molecule has 0 amide bonds. The number of benzene rings is 1. The van der Waals surface area contributed by atoms with Gasteiger partial charge in [0.2, 0.25) is 0 Å². The van der Waals surface area contributed by atoms with Crippen molar-refractivity contribution in [2.24, 2.45) is 0 Å². The van der Waals surface area contributed by atoms with E-state index in [1.165, 1.54) is 19.9 Å². The second-order valence-corrected chi connectivity index (χ2v) is 8.83. The van der Waals surface area contributed by atoms with Crippen LogP contribution < -0.4 is 0 Å². The molecule has 11 heteroatoms. The summed E-state index contributed by atoms with van der Waals surface area (Å²) in [6.45, 7) is 5.75. The van der Waals surface area contributed by atoms with Gasteiger partial charge in [-0.05, 0) is 39.3 Å². The summed E-state index contributed by atoms with van der Waals surface area (Å²) in [6, 6.07) is 2.93. The van der Waals surface area contributed by atoms with E-state index in [-0.39, 0.29) is 12.2 Å². The summed E-state index contributed by atoms with van der Waals surface area (Å²) in [7, 11) is -8.79. The van der Waals surface area contributed by atoms with Crippen LogP contribution >= 0.6 is 7.60 Å². The van der Waals surface area contributed by atoms with Gasteiger partial charge in [-0.2, -0.15) is 21.6 Å². The van der Waals surface area contributed by atoms with Crippen LogP contribution in [0.3, 0.4) is 0 Å². The van der Waals surface area contributed by atoms with Crippen molar-refractivity contribution in [3.8, 4) is 0 Å². The van der Waals surface area contributed by atoms with Crippen molar-refractivity contribution < 1.29 is 39.4 Å². The number of hydrogen-bond donors (Lipinski definition) is 0. The van der Waals surface area contributed by atoms with Gasteiger partial charge in [0, 0.05) is 0 Å². The largest absolute Gasteiger partial charge is 0.417 e. The highest BCUT2D eigenvalue weighted by Gasteiger charge is 2.39.